The third-order valence-electron chi connectivity index (χ3n) is 28.8. The van der Waals surface area contributed by atoms with Crippen LogP contribution >= 0.6 is 0 Å². The molecule has 1 saturated heterocycles. The zero-order valence-electron chi connectivity index (χ0n) is 71.6. The molecule has 4 aliphatic carbocycles. The van der Waals surface area contributed by atoms with Crippen molar-refractivity contribution in [2.75, 3.05) is 29.4 Å². The molecule has 10 aliphatic rings. The standard InChI is InChI=1S/C36H32N2.C30H20N2O2.C30H22N2O.C19H31N/c1-35(2)27-13-5-9-17-31(27)37(32-18-10-6-14-28(32)35)25-21-23-26(24-22-25)38-33-19-11-7-15-29(33)36(3,4)30-16-8-12-20-34(30)38;1-5-13-27-23(9-1)31(24-10-2-6-14-28(24)33-27)21-17-19-22(20-18-21)32-25-11-3-7-15-29(25)34-30-16-8-4-12-26(30)32;1-3-11-23(12-4-1)31(24-13-5-2-6-14-24)25-19-21-26(22-20-25)32-27-15-7-9-17-29(27)33-30-18-10-8-16-28(30)32;1-2-6-14-12(5-1)11-13-9-10-17-19(18(13)14)15-7-3-4-8-16(15)20-17/h5-24H,1-4H3;1-20H;1-22H;12-20H,1-11H2. The van der Waals surface area contributed by atoms with E-state index in [-0.39, 0.29) is 10.8 Å². The van der Waals surface area contributed by atoms with Crippen LogP contribution in [0.3, 0.4) is 0 Å². The Morgan fingerprint density at radius 1 is 0.240 bits per heavy atom. The molecule has 0 radical (unpaired) electrons. The van der Waals surface area contributed by atoms with E-state index in [1.165, 1.54) is 82.1 Å². The highest BCUT2D eigenvalue weighted by Gasteiger charge is 2.57. The van der Waals surface area contributed by atoms with Crippen molar-refractivity contribution in [2.24, 2.45) is 35.5 Å². The fraction of sp³-hybridized carbons (Fsp3) is 0.217. The Labute approximate surface area is 736 Å². The first-order valence-electron chi connectivity index (χ1n) is 45.5. The SMILES string of the molecule is C1CCC2C(C1)CC1CCC3NC4CCCCC4C3C12.CC1(C)c2ccccc2N(c2ccc(N3c4ccccc4C(C)(C)c4ccccc43)cc2)c2ccccc21.c1ccc(N(c2ccccc2)c2ccc(N3c4ccccc4Oc4ccccc43)cc2)cc1.c1ccc2c(c1)Oc1ccccc1N2c1ccc(N2c3ccccc3Oc3ccccc32)cc1. The predicted molar refractivity (Wildman–Crippen MR) is 514 cm³/mol. The third kappa shape index (κ3) is 13.9. The van der Waals surface area contributed by atoms with Crippen LogP contribution in [-0.4, -0.2) is 12.1 Å². The molecule has 0 bridgehead atoms. The van der Waals surface area contributed by atoms with E-state index in [1.54, 1.807) is 44.9 Å². The van der Waals surface area contributed by atoms with Crippen molar-refractivity contribution in [3.05, 3.63) is 398 Å². The van der Waals surface area contributed by atoms with E-state index in [0.29, 0.717) is 0 Å². The maximum absolute atomic E-state index is 6.16. The van der Waals surface area contributed by atoms with Crippen LogP contribution in [0.2, 0.25) is 0 Å². The van der Waals surface area contributed by atoms with Gasteiger partial charge in [0.1, 0.15) is 0 Å². The van der Waals surface area contributed by atoms with E-state index < -0.39 is 0 Å². The molecule has 0 amide bonds. The second kappa shape index (κ2) is 32.6. The minimum absolute atomic E-state index is 0.0579. The van der Waals surface area contributed by atoms with Gasteiger partial charge < -0.3 is 48.9 Å². The highest BCUT2D eigenvalue weighted by Crippen LogP contribution is 2.63. The van der Waals surface area contributed by atoms with E-state index in [1.807, 2.05) is 121 Å². The summed E-state index contributed by atoms with van der Waals surface area (Å²) in [4.78, 5) is 13.9. The molecular weight excluding hydrogens is 1530 g/mol. The van der Waals surface area contributed by atoms with Gasteiger partial charge in [-0.3, -0.25) is 0 Å². The summed E-state index contributed by atoms with van der Waals surface area (Å²) in [5.41, 5.74) is 25.4. The minimum Gasteiger partial charge on any atom is -0.453 e. The first kappa shape index (κ1) is 77.5. The molecule has 15 aromatic carbocycles. The molecule has 6 aliphatic heterocycles. The summed E-state index contributed by atoms with van der Waals surface area (Å²) in [7, 11) is 0. The van der Waals surface area contributed by atoms with Crippen molar-refractivity contribution in [3.8, 4) is 34.5 Å². The van der Waals surface area contributed by atoms with Crippen LogP contribution in [-0.2, 0) is 10.8 Å². The van der Waals surface area contributed by atoms with Crippen LogP contribution in [0.1, 0.15) is 121 Å². The van der Waals surface area contributed by atoms with Gasteiger partial charge in [-0.05, 0) is 290 Å². The predicted octanol–water partition coefficient (Wildman–Crippen LogP) is 31.8. The topological polar surface area (TPSA) is 59.2 Å². The van der Waals surface area contributed by atoms with Gasteiger partial charge in [-0.2, -0.15) is 0 Å². The lowest BCUT2D eigenvalue weighted by Crippen LogP contribution is -2.41. The number of fused-ring (bicyclic) bond motifs is 17. The number of benzene rings is 15. The quantitative estimate of drug-likeness (QED) is 0.159. The van der Waals surface area contributed by atoms with E-state index >= 15 is 0 Å². The molecule has 0 spiro atoms. The van der Waals surface area contributed by atoms with Gasteiger partial charge >= 0.3 is 0 Å². The molecule has 4 saturated carbocycles. The van der Waals surface area contributed by atoms with Gasteiger partial charge in [-0.15, -0.1) is 0 Å². The average Bonchev–Trinajstić information content (AvgIpc) is 1.52. The van der Waals surface area contributed by atoms with Crippen LogP contribution in [0.25, 0.3) is 0 Å². The monoisotopic (exact) mass is 1630 g/mol. The number of rotatable bonds is 8. The van der Waals surface area contributed by atoms with Gasteiger partial charge in [-0.25, -0.2) is 0 Å². The number of hydrogen-bond acceptors (Lipinski definition) is 10. The highest BCUT2D eigenvalue weighted by molar-refractivity contribution is 5.93. The summed E-state index contributed by atoms with van der Waals surface area (Å²) in [6.45, 7) is 9.32. The van der Waals surface area contributed by atoms with Gasteiger partial charge in [-0.1, -0.05) is 242 Å². The zero-order valence-corrected chi connectivity index (χ0v) is 71.6. The lowest BCUT2D eigenvalue weighted by atomic mass is 9.61. The molecule has 6 heterocycles. The Bertz CT molecular complexity index is 5880. The van der Waals surface area contributed by atoms with E-state index in [4.69, 9.17) is 14.2 Å². The maximum Gasteiger partial charge on any atom is 0.151 e. The van der Waals surface area contributed by atoms with E-state index in [9.17, 15) is 0 Å². The largest absolute Gasteiger partial charge is 0.453 e. The first-order chi connectivity index (χ1) is 61.6. The summed E-state index contributed by atoms with van der Waals surface area (Å²) in [6, 6.07) is 133. The number of para-hydroxylation sites is 18. The second-order valence-corrected chi connectivity index (χ2v) is 36.4. The minimum atomic E-state index is -0.0579. The van der Waals surface area contributed by atoms with Crippen LogP contribution in [0.4, 0.5) is 102 Å². The van der Waals surface area contributed by atoms with Crippen LogP contribution < -0.4 is 48.9 Å². The molecule has 10 heteroatoms. The number of ether oxygens (including phenoxy) is 3. The molecule has 8 unspecified atom stereocenters. The van der Waals surface area contributed by atoms with E-state index in [2.05, 4.69) is 317 Å². The Hall–Kier alpha value is -13.5. The number of nitrogens with one attached hydrogen (secondary N) is 1. The summed E-state index contributed by atoms with van der Waals surface area (Å²) in [6.07, 6.45) is 17.0. The lowest BCUT2D eigenvalue weighted by molar-refractivity contribution is 0.0735. The molecule has 0 aromatic heterocycles. The van der Waals surface area contributed by atoms with Gasteiger partial charge in [0, 0.05) is 68.4 Å². The molecule has 25 rings (SSSR count). The molecule has 15 aromatic rings. The molecule has 8 atom stereocenters. The van der Waals surface area contributed by atoms with Crippen molar-refractivity contribution in [2.45, 2.75) is 121 Å². The number of hydrogen-bond donors (Lipinski definition) is 1. The molecule has 5 fully saturated rings. The number of anilines is 18. The Morgan fingerprint density at radius 2 is 0.512 bits per heavy atom. The van der Waals surface area contributed by atoms with Crippen molar-refractivity contribution in [1.29, 1.82) is 0 Å². The third-order valence-corrected chi connectivity index (χ3v) is 28.8. The van der Waals surface area contributed by atoms with Crippen molar-refractivity contribution >= 4 is 102 Å². The summed E-state index contributed by atoms with van der Waals surface area (Å²) in [5, 5.41) is 4.10. The molecule has 125 heavy (non-hydrogen) atoms. The fourth-order valence-corrected chi connectivity index (χ4v) is 23.3. The Balaban J connectivity index is 0.000000101. The average molecular weight is 1630 g/mol. The van der Waals surface area contributed by atoms with Gasteiger partial charge in [0.15, 0.2) is 34.5 Å². The maximum atomic E-state index is 6.16. The molecular formula is C115H105N7O3. The Morgan fingerprint density at radius 3 is 0.864 bits per heavy atom. The van der Waals surface area contributed by atoms with Crippen molar-refractivity contribution < 1.29 is 14.2 Å². The van der Waals surface area contributed by atoms with Crippen LogP contribution in [0.15, 0.2) is 376 Å². The number of nitrogens with zero attached hydrogens (tertiary/aromatic N) is 6. The second-order valence-electron chi connectivity index (χ2n) is 36.4. The van der Waals surface area contributed by atoms with Gasteiger partial charge in [0.2, 0.25) is 0 Å². The van der Waals surface area contributed by atoms with Crippen LogP contribution in [0.5, 0.6) is 34.5 Å². The molecule has 1 N–H and O–H groups in total. The fourth-order valence-electron chi connectivity index (χ4n) is 23.3. The summed E-state index contributed by atoms with van der Waals surface area (Å²) < 4.78 is 18.5. The van der Waals surface area contributed by atoms with Crippen LogP contribution in [0, 0.1) is 35.5 Å². The summed E-state index contributed by atoms with van der Waals surface area (Å²) in [5.74, 6) is 11.8. The van der Waals surface area contributed by atoms with E-state index in [0.717, 1.165) is 150 Å². The normalized spacial score (nSPS) is 20.8. The molecule has 10 nitrogen and oxygen atoms in total. The lowest BCUT2D eigenvalue weighted by Gasteiger charge is -2.43. The van der Waals surface area contributed by atoms with Crippen molar-refractivity contribution in [3.63, 3.8) is 0 Å². The highest BCUT2D eigenvalue weighted by atomic mass is 16.5. The first-order valence-corrected chi connectivity index (χ1v) is 45.5. The Kier molecular flexibility index (Phi) is 20.2. The van der Waals surface area contributed by atoms with Gasteiger partial charge in [0.05, 0.1) is 56.9 Å². The zero-order chi connectivity index (χ0) is 83.7. The van der Waals surface area contributed by atoms with Crippen molar-refractivity contribution in [1.82, 2.24) is 5.32 Å². The smallest absolute Gasteiger partial charge is 0.151 e. The summed E-state index contributed by atoms with van der Waals surface area (Å²) >= 11 is 0. The molecule has 618 valence electrons. The van der Waals surface area contributed by atoms with Gasteiger partial charge in [0.25, 0.3) is 0 Å².